The van der Waals surface area contributed by atoms with Gasteiger partial charge in [0.05, 0.1) is 6.10 Å². The highest BCUT2D eigenvalue weighted by Gasteiger charge is 2.64. The van der Waals surface area contributed by atoms with E-state index in [2.05, 4.69) is 66.9 Å². The second-order valence-corrected chi connectivity index (χ2v) is 12.7. The minimum Gasteiger partial charge on any atom is -0.396 e. The van der Waals surface area contributed by atoms with E-state index in [0.29, 0.717) is 11.8 Å². The van der Waals surface area contributed by atoms with Gasteiger partial charge in [0.2, 0.25) is 0 Å². The first kappa shape index (κ1) is 27.4. The van der Waals surface area contributed by atoms with Gasteiger partial charge < -0.3 is 15.3 Å². The van der Waals surface area contributed by atoms with E-state index < -0.39 is 6.10 Å². The Morgan fingerprint density at radius 2 is 1.79 bits per heavy atom. The van der Waals surface area contributed by atoms with Gasteiger partial charge in [0, 0.05) is 18.6 Å². The van der Waals surface area contributed by atoms with Crippen molar-refractivity contribution in [3.05, 3.63) is 47.6 Å². The van der Waals surface area contributed by atoms with E-state index >= 15 is 0 Å². The van der Waals surface area contributed by atoms with Crippen LogP contribution in [0.2, 0.25) is 0 Å². The molecule has 0 amide bonds. The molecule has 3 aliphatic carbocycles. The number of hydrogen-bond acceptors (Lipinski definition) is 3. The zero-order chi connectivity index (χ0) is 25.5. The summed E-state index contributed by atoms with van der Waals surface area (Å²) >= 11 is 0. The second-order valence-electron chi connectivity index (χ2n) is 12.7. The van der Waals surface area contributed by atoms with Crippen LogP contribution in [-0.4, -0.2) is 34.6 Å². The van der Waals surface area contributed by atoms with Gasteiger partial charge in [-0.1, -0.05) is 71.1 Å². The summed E-state index contributed by atoms with van der Waals surface area (Å²) in [6, 6.07) is 0. The molecule has 0 heterocycles. The number of aliphatic hydroxyl groups excluding tert-OH is 3. The van der Waals surface area contributed by atoms with Crippen molar-refractivity contribution in [2.75, 3.05) is 13.2 Å². The summed E-state index contributed by atoms with van der Waals surface area (Å²) in [6.07, 6.45) is 10.6. The zero-order valence-corrected chi connectivity index (χ0v) is 22.7. The van der Waals surface area contributed by atoms with E-state index in [1.807, 2.05) is 0 Å². The molecule has 0 spiro atoms. The topological polar surface area (TPSA) is 60.7 Å². The average Bonchev–Trinajstić information content (AvgIpc) is 2.98. The summed E-state index contributed by atoms with van der Waals surface area (Å²) in [7, 11) is 0. The molecular weight excluding hydrogens is 420 g/mol. The van der Waals surface area contributed by atoms with E-state index in [0.717, 1.165) is 44.9 Å². The molecule has 1 fully saturated rings. The summed E-state index contributed by atoms with van der Waals surface area (Å²) in [5.74, 6) is 0.944. The molecular formula is C31H50O3. The number of allylic oxidation sites excluding steroid dienone is 6. The normalized spacial score (nSPS) is 38.1. The number of rotatable bonds is 10. The molecule has 0 radical (unpaired) electrons. The fourth-order valence-corrected chi connectivity index (χ4v) is 8.01. The van der Waals surface area contributed by atoms with E-state index in [4.69, 9.17) is 0 Å². The molecule has 3 heteroatoms. The van der Waals surface area contributed by atoms with Gasteiger partial charge in [0.1, 0.15) is 0 Å². The van der Waals surface area contributed by atoms with E-state index in [1.165, 1.54) is 22.3 Å². The molecule has 34 heavy (non-hydrogen) atoms. The minimum absolute atomic E-state index is 0.0442. The Morgan fingerprint density at radius 1 is 1.12 bits per heavy atom. The lowest BCUT2D eigenvalue weighted by molar-refractivity contribution is -0.00544. The molecule has 0 aromatic carbocycles. The van der Waals surface area contributed by atoms with Crippen molar-refractivity contribution in [1.82, 2.24) is 0 Å². The molecule has 0 aromatic rings. The van der Waals surface area contributed by atoms with Gasteiger partial charge in [-0.2, -0.15) is 0 Å². The molecule has 3 aliphatic rings. The van der Waals surface area contributed by atoms with Gasteiger partial charge in [-0.25, -0.2) is 0 Å². The Morgan fingerprint density at radius 3 is 2.35 bits per heavy atom. The number of aliphatic hydroxyl groups is 3. The largest absolute Gasteiger partial charge is 0.396 e. The third-order valence-electron chi connectivity index (χ3n) is 10.4. The van der Waals surface area contributed by atoms with Gasteiger partial charge in [-0.3, -0.25) is 0 Å². The molecule has 3 N–H and O–H groups in total. The van der Waals surface area contributed by atoms with Crippen LogP contribution in [0, 0.1) is 39.9 Å². The molecule has 0 unspecified atom stereocenters. The monoisotopic (exact) mass is 470 g/mol. The van der Waals surface area contributed by atoms with Gasteiger partial charge >= 0.3 is 0 Å². The maximum atomic E-state index is 11.5. The smallest absolute Gasteiger partial charge is 0.0586 e. The van der Waals surface area contributed by atoms with Gasteiger partial charge in [-0.05, 0) is 97.5 Å². The van der Waals surface area contributed by atoms with Crippen LogP contribution in [-0.2, 0) is 0 Å². The highest BCUT2D eigenvalue weighted by atomic mass is 16.3. The molecule has 1 saturated carbocycles. The highest BCUT2D eigenvalue weighted by Crippen LogP contribution is 2.70. The maximum absolute atomic E-state index is 11.5. The number of hydrogen-bond donors (Lipinski definition) is 3. The molecule has 0 aliphatic heterocycles. The van der Waals surface area contributed by atoms with Crippen LogP contribution >= 0.6 is 0 Å². The Hall–Kier alpha value is -1.16. The van der Waals surface area contributed by atoms with E-state index in [-0.39, 0.29) is 41.3 Å². The Balaban J connectivity index is 2.00. The predicted molar refractivity (Wildman–Crippen MR) is 142 cm³/mol. The summed E-state index contributed by atoms with van der Waals surface area (Å²) in [5.41, 5.74) is 4.98. The van der Waals surface area contributed by atoms with E-state index in [9.17, 15) is 15.3 Å². The van der Waals surface area contributed by atoms with Crippen LogP contribution in [0.5, 0.6) is 0 Å². The first-order valence-electron chi connectivity index (χ1n) is 13.5. The quantitative estimate of drug-likeness (QED) is 0.315. The lowest BCUT2D eigenvalue weighted by Crippen LogP contribution is -2.48. The summed E-state index contributed by atoms with van der Waals surface area (Å²) < 4.78 is 0. The van der Waals surface area contributed by atoms with Crippen LogP contribution in [0.15, 0.2) is 47.6 Å². The van der Waals surface area contributed by atoms with Crippen LogP contribution < -0.4 is 0 Å². The Bertz CT molecular complexity index is 851. The molecule has 0 aromatic heterocycles. The van der Waals surface area contributed by atoms with Gasteiger partial charge in [0.15, 0.2) is 0 Å². The summed E-state index contributed by atoms with van der Waals surface area (Å²) in [4.78, 5) is 0. The summed E-state index contributed by atoms with van der Waals surface area (Å²) in [5, 5.41) is 31.6. The second kappa shape index (κ2) is 10.1. The van der Waals surface area contributed by atoms with Crippen LogP contribution in [0.25, 0.3) is 0 Å². The Labute approximate surface area is 208 Å². The minimum atomic E-state index is -0.421. The molecule has 3 nitrogen and oxygen atoms in total. The molecule has 0 bridgehead atoms. The van der Waals surface area contributed by atoms with Crippen molar-refractivity contribution in [2.45, 2.75) is 92.6 Å². The first-order valence-corrected chi connectivity index (χ1v) is 13.5. The van der Waals surface area contributed by atoms with Crippen molar-refractivity contribution in [3.8, 4) is 0 Å². The highest BCUT2D eigenvalue weighted by molar-refractivity contribution is 5.50. The first-order chi connectivity index (χ1) is 15.9. The van der Waals surface area contributed by atoms with E-state index in [1.54, 1.807) is 0 Å². The zero-order valence-electron chi connectivity index (χ0n) is 22.7. The van der Waals surface area contributed by atoms with Crippen molar-refractivity contribution in [1.29, 1.82) is 0 Å². The average molecular weight is 471 g/mol. The van der Waals surface area contributed by atoms with Crippen LogP contribution in [0.4, 0.5) is 0 Å². The lowest BCUT2D eigenvalue weighted by atomic mass is 9.48. The third-order valence-corrected chi connectivity index (χ3v) is 10.4. The maximum Gasteiger partial charge on any atom is 0.0586 e. The molecule has 192 valence electrons. The van der Waals surface area contributed by atoms with Crippen molar-refractivity contribution >= 4 is 0 Å². The Kier molecular flexibility index (Phi) is 8.12. The van der Waals surface area contributed by atoms with Gasteiger partial charge in [0.25, 0.3) is 0 Å². The molecule has 3 rings (SSSR count). The van der Waals surface area contributed by atoms with Crippen LogP contribution in [0.3, 0.4) is 0 Å². The third kappa shape index (κ3) is 4.31. The summed E-state index contributed by atoms with van der Waals surface area (Å²) in [6.45, 7) is 22.5. The van der Waals surface area contributed by atoms with Crippen molar-refractivity contribution in [3.63, 3.8) is 0 Å². The lowest BCUT2D eigenvalue weighted by Gasteiger charge is -2.56. The fourth-order valence-electron chi connectivity index (χ4n) is 8.01. The van der Waals surface area contributed by atoms with Gasteiger partial charge in [-0.15, -0.1) is 0 Å². The molecule has 7 atom stereocenters. The van der Waals surface area contributed by atoms with Crippen molar-refractivity contribution in [2.24, 2.45) is 39.9 Å². The van der Waals surface area contributed by atoms with Crippen LogP contribution in [0.1, 0.15) is 86.5 Å². The fraction of sp³-hybridized carbons (Fsp3) is 0.742. The number of fused-ring (bicyclic) bond motifs is 3. The standard InChI is InChI=1S/C31H50O3/c1-20(2)22(5)10-11-23(19-33)28-27(34)18-31(8)26-13-12-24(21(3)4)29(6,15-9-17-32)25(26)14-16-30(28,31)7/h13-14,20,23-24,27-28,32-34H,3,5,9-12,15-19H2,1-2,4,6-8H3/t23-,24-,27+,28-,29-,30+,31-/m0/s1. The SMILES string of the molecule is C=C(CC[C@@H](CO)[C@H]1[C@H](O)C[C@@]2(C)C3=CC[C@@H](C(=C)C)[C@](C)(CCCO)C3=CC[C@]12C)C(C)C. The molecule has 0 saturated heterocycles. The predicted octanol–water partition coefficient (Wildman–Crippen LogP) is 6.61. The van der Waals surface area contributed by atoms with Crippen molar-refractivity contribution < 1.29 is 15.3 Å².